The van der Waals surface area contributed by atoms with E-state index in [0.717, 1.165) is 0 Å². The molecular formula is C13H15ClN2O3. The molecule has 0 bridgehead atoms. The number of benzene rings is 1. The highest BCUT2D eigenvalue weighted by atomic mass is 35.5. The summed E-state index contributed by atoms with van der Waals surface area (Å²) in [5.74, 6) is 0.268. The molecule has 1 saturated heterocycles. The van der Waals surface area contributed by atoms with E-state index in [-0.39, 0.29) is 11.8 Å². The Morgan fingerprint density at radius 1 is 1.42 bits per heavy atom. The Bertz CT molecular complexity index is 505. The van der Waals surface area contributed by atoms with E-state index >= 15 is 0 Å². The molecule has 0 radical (unpaired) electrons. The van der Waals surface area contributed by atoms with E-state index < -0.39 is 0 Å². The second-order valence-corrected chi connectivity index (χ2v) is 4.67. The lowest BCUT2D eigenvalue weighted by atomic mass is 10.1. The van der Waals surface area contributed by atoms with E-state index in [4.69, 9.17) is 16.3 Å². The van der Waals surface area contributed by atoms with Crippen molar-refractivity contribution >= 4 is 23.4 Å². The predicted molar refractivity (Wildman–Crippen MR) is 71.5 cm³/mol. The molecule has 1 aliphatic heterocycles. The smallest absolute Gasteiger partial charge is 0.257 e. The average Bonchev–Trinajstić information content (AvgIpc) is 2.62. The Labute approximate surface area is 116 Å². The molecule has 1 N–H and O–H groups in total. The van der Waals surface area contributed by atoms with Gasteiger partial charge in [0.1, 0.15) is 5.75 Å². The summed E-state index contributed by atoms with van der Waals surface area (Å²) in [4.78, 5) is 25.3. The van der Waals surface area contributed by atoms with Gasteiger partial charge in [-0.25, -0.2) is 0 Å². The highest BCUT2D eigenvalue weighted by Gasteiger charge is 2.22. The molecule has 1 aliphatic rings. The summed E-state index contributed by atoms with van der Waals surface area (Å²) in [5.41, 5.74) is 0.459. The van der Waals surface area contributed by atoms with Gasteiger partial charge in [0, 0.05) is 31.1 Å². The van der Waals surface area contributed by atoms with Crippen molar-refractivity contribution in [2.45, 2.75) is 6.42 Å². The summed E-state index contributed by atoms with van der Waals surface area (Å²) in [6.45, 7) is 1.38. The van der Waals surface area contributed by atoms with Crippen LogP contribution in [0.5, 0.6) is 5.75 Å². The van der Waals surface area contributed by atoms with Crippen LogP contribution < -0.4 is 10.1 Å². The lowest BCUT2D eigenvalue weighted by Crippen LogP contribution is -2.34. The first-order chi connectivity index (χ1) is 9.11. The van der Waals surface area contributed by atoms with E-state index in [1.807, 2.05) is 0 Å². The van der Waals surface area contributed by atoms with Crippen LogP contribution in [0.4, 0.5) is 0 Å². The molecule has 6 heteroatoms. The van der Waals surface area contributed by atoms with Crippen LogP contribution in [0.25, 0.3) is 0 Å². The van der Waals surface area contributed by atoms with Crippen molar-refractivity contribution in [3.8, 4) is 5.75 Å². The van der Waals surface area contributed by atoms with Crippen molar-refractivity contribution in [1.29, 1.82) is 0 Å². The minimum atomic E-state index is -0.148. The third-order valence-electron chi connectivity index (χ3n) is 2.99. The van der Waals surface area contributed by atoms with Gasteiger partial charge in [0.25, 0.3) is 5.91 Å². The first-order valence-electron chi connectivity index (χ1n) is 6.01. The second kappa shape index (κ2) is 5.93. The molecule has 102 valence electrons. The zero-order valence-corrected chi connectivity index (χ0v) is 11.4. The molecule has 19 heavy (non-hydrogen) atoms. The lowest BCUT2D eigenvalue weighted by Gasteiger charge is -2.20. The monoisotopic (exact) mass is 282 g/mol. The van der Waals surface area contributed by atoms with E-state index in [0.29, 0.717) is 42.4 Å². The number of carbonyl (C=O) groups excluding carboxylic acids is 2. The molecule has 0 aliphatic carbocycles. The summed E-state index contributed by atoms with van der Waals surface area (Å²) in [6, 6.07) is 4.90. The van der Waals surface area contributed by atoms with Crippen LogP contribution in [0.3, 0.4) is 0 Å². The Balaban J connectivity index is 2.21. The summed E-state index contributed by atoms with van der Waals surface area (Å²) in [5, 5.41) is 3.25. The number of nitrogens with one attached hydrogen (secondary N) is 1. The van der Waals surface area contributed by atoms with Gasteiger partial charge in [0.05, 0.1) is 12.7 Å². The van der Waals surface area contributed by atoms with Crippen LogP contribution in [-0.4, -0.2) is 43.5 Å². The molecule has 1 aromatic rings. The van der Waals surface area contributed by atoms with E-state index in [1.54, 1.807) is 23.1 Å². The van der Waals surface area contributed by atoms with Crippen LogP contribution in [0.2, 0.25) is 5.02 Å². The standard InChI is InChI=1S/C13H15ClN2O3/c1-19-11-8-9(14)2-3-10(11)13(18)16-6-4-12(17)15-5-7-16/h2-3,8H,4-7H2,1H3,(H,15,17). The molecule has 0 atom stereocenters. The Morgan fingerprint density at radius 3 is 2.95 bits per heavy atom. The van der Waals surface area contributed by atoms with Crippen molar-refractivity contribution in [2.24, 2.45) is 0 Å². The van der Waals surface area contributed by atoms with Gasteiger partial charge < -0.3 is 15.0 Å². The topological polar surface area (TPSA) is 58.6 Å². The SMILES string of the molecule is COc1cc(Cl)ccc1C(=O)N1CCNC(=O)CC1. The largest absolute Gasteiger partial charge is 0.496 e. The summed E-state index contributed by atoms with van der Waals surface area (Å²) in [6.07, 6.45) is 0.321. The molecular weight excluding hydrogens is 268 g/mol. The Hall–Kier alpha value is -1.75. The summed E-state index contributed by atoms with van der Waals surface area (Å²) in [7, 11) is 1.50. The molecule has 1 heterocycles. The van der Waals surface area contributed by atoms with Crippen molar-refractivity contribution < 1.29 is 14.3 Å². The first-order valence-corrected chi connectivity index (χ1v) is 6.39. The quantitative estimate of drug-likeness (QED) is 0.890. The summed E-state index contributed by atoms with van der Waals surface area (Å²) < 4.78 is 5.18. The van der Waals surface area contributed by atoms with E-state index in [9.17, 15) is 9.59 Å². The van der Waals surface area contributed by atoms with Crippen molar-refractivity contribution in [1.82, 2.24) is 10.2 Å². The average molecular weight is 283 g/mol. The molecule has 1 fully saturated rings. The molecule has 0 spiro atoms. The summed E-state index contributed by atoms with van der Waals surface area (Å²) >= 11 is 5.87. The van der Waals surface area contributed by atoms with E-state index in [2.05, 4.69) is 5.32 Å². The number of halogens is 1. The normalized spacial score (nSPS) is 15.7. The molecule has 2 rings (SSSR count). The van der Waals surface area contributed by atoms with Gasteiger partial charge in [0.2, 0.25) is 5.91 Å². The van der Waals surface area contributed by atoms with Crippen molar-refractivity contribution in [3.05, 3.63) is 28.8 Å². The fourth-order valence-electron chi connectivity index (χ4n) is 1.98. The Kier molecular flexibility index (Phi) is 4.27. The van der Waals surface area contributed by atoms with Gasteiger partial charge in [-0.2, -0.15) is 0 Å². The minimum Gasteiger partial charge on any atom is -0.496 e. The highest BCUT2D eigenvalue weighted by Crippen LogP contribution is 2.24. The number of nitrogens with zero attached hydrogens (tertiary/aromatic N) is 1. The van der Waals surface area contributed by atoms with Gasteiger partial charge in [-0.1, -0.05) is 11.6 Å². The number of amides is 2. The van der Waals surface area contributed by atoms with Gasteiger partial charge >= 0.3 is 0 Å². The number of rotatable bonds is 2. The third kappa shape index (κ3) is 3.17. The zero-order valence-electron chi connectivity index (χ0n) is 10.6. The highest BCUT2D eigenvalue weighted by molar-refractivity contribution is 6.30. The molecule has 0 saturated carbocycles. The zero-order chi connectivity index (χ0) is 13.8. The molecule has 2 amide bonds. The Morgan fingerprint density at radius 2 is 2.21 bits per heavy atom. The molecule has 0 unspecified atom stereocenters. The second-order valence-electron chi connectivity index (χ2n) is 4.24. The number of ether oxygens (including phenoxy) is 1. The van der Waals surface area contributed by atoms with Crippen LogP contribution in [0.15, 0.2) is 18.2 Å². The maximum absolute atomic E-state index is 12.4. The lowest BCUT2D eigenvalue weighted by molar-refractivity contribution is -0.120. The van der Waals surface area contributed by atoms with Gasteiger partial charge in [-0.15, -0.1) is 0 Å². The van der Waals surface area contributed by atoms with Gasteiger partial charge in [-0.05, 0) is 18.2 Å². The van der Waals surface area contributed by atoms with Crippen molar-refractivity contribution in [2.75, 3.05) is 26.7 Å². The first kappa shape index (κ1) is 13.7. The number of hydrogen-bond acceptors (Lipinski definition) is 3. The van der Waals surface area contributed by atoms with Crippen LogP contribution in [0, 0.1) is 0 Å². The fourth-order valence-corrected chi connectivity index (χ4v) is 2.14. The number of methoxy groups -OCH3 is 1. The fraction of sp³-hybridized carbons (Fsp3) is 0.385. The van der Waals surface area contributed by atoms with E-state index in [1.165, 1.54) is 7.11 Å². The van der Waals surface area contributed by atoms with Gasteiger partial charge in [-0.3, -0.25) is 9.59 Å². The predicted octanol–water partition coefficient (Wildman–Crippen LogP) is 1.31. The molecule has 0 aromatic heterocycles. The van der Waals surface area contributed by atoms with Crippen LogP contribution in [-0.2, 0) is 4.79 Å². The molecule has 5 nitrogen and oxygen atoms in total. The van der Waals surface area contributed by atoms with Crippen LogP contribution >= 0.6 is 11.6 Å². The number of carbonyl (C=O) groups is 2. The molecule has 1 aromatic carbocycles. The third-order valence-corrected chi connectivity index (χ3v) is 3.23. The minimum absolute atomic E-state index is 0.0293. The maximum atomic E-state index is 12.4. The van der Waals surface area contributed by atoms with Crippen LogP contribution in [0.1, 0.15) is 16.8 Å². The maximum Gasteiger partial charge on any atom is 0.257 e. The van der Waals surface area contributed by atoms with Gasteiger partial charge in [0.15, 0.2) is 0 Å². The van der Waals surface area contributed by atoms with Crippen molar-refractivity contribution in [3.63, 3.8) is 0 Å². The number of hydrogen-bond donors (Lipinski definition) is 1.